The molecule has 1 aliphatic rings. The number of carboxylic acids is 1. The lowest BCUT2D eigenvalue weighted by atomic mass is 10.0. The molecule has 2 rings (SSSR count). The molecule has 0 spiro atoms. The number of carbonyl (C=O) groups excluding carboxylic acids is 1. The van der Waals surface area contributed by atoms with Crippen LogP contribution in [-0.2, 0) is 4.79 Å². The Bertz CT molecular complexity index is 539. The van der Waals surface area contributed by atoms with Gasteiger partial charge in [0.15, 0.2) is 5.78 Å². The van der Waals surface area contributed by atoms with Crippen molar-refractivity contribution in [2.75, 3.05) is 0 Å². The lowest BCUT2D eigenvalue weighted by Crippen LogP contribution is -2.08. The lowest BCUT2D eigenvalue weighted by molar-refractivity contribution is -0.139. The molecule has 1 fully saturated rings. The molecule has 0 aliphatic heterocycles. The molecule has 124 valence electrons. The summed E-state index contributed by atoms with van der Waals surface area (Å²) in [4.78, 5) is 23.3. The molecule has 2 unspecified atom stereocenters. The number of hydrogen-bond donors (Lipinski definition) is 1. The third kappa shape index (κ3) is 4.23. The highest BCUT2D eigenvalue weighted by Gasteiger charge is 2.65. The van der Waals surface area contributed by atoms with E-state index in [1.807, 2.05) is 27.7 Å². The third-order valence-corrected chi connectivity index (χ3v) is 4.32. The Hall–Kier alpha value is -1.06. The van der Waals surface area contributed by atoms with Gasteiger partial charge in [0.05, 0.1) is 16.0 Å². The van der Waals surface area contributed by atoms with Crippen molar-refractivity contribution in [3.63, 3.8) is 0 Å². The van der Waals surface area contributed by atoms with Crippen molar-refractivity contribution in [2.24, 2.45) is 17.3 Å². The van der Waals surface area contributed by atoms with Crippen molar-refractivity contribution in [1.29, 1.82) is 0 Å². The third-order valence-electron chi connectivity index (χ3n) is 3.58. The van der Waals surface area contributed by atoms with Crippen molar-refractivity contribution in [3.05, 3.63) is 33.8 Å². The summed E-state index contributed by atoms with van der Waals surface area (Å²) >= 11 is 11.6. The highest BCUT2D eigenvalue weighted by atomic mass is 35.5. The summed E-state index contributed by atoms with van der Waals surface area (Å²) in [5, 5.41) is 9.73. The second-order valence-corrected chi connectivity index (χ2v) is 5.92. The molecule has 0 heterocycles. The van der Waals surface area contributed by atoms with Gasteiger partial charge in [0.2, 0.25) is 0 Å². The number of rotatable bonds is 3. The number of carbonyl (C=O) groups is 2. The van der Waals surface area contributed by atoms with Crippen LogP contribution in [0.4, 0.5) is 0 Å². The Morgan fingerprint density at radius 3 is 1.86 bits per heavy atom. The maximum atomic E-state index is 12.2. The molecule has 22 heavy (non-hydrogen) atoms. The van der Waals surface area contributed by atoms with Gasteiger partial charge in [0.1, 0.15) is 0 Å². The Morgan fingerprint density at radius 2 is 1.50 bits per heavy atom. The van der Waals surface area contributed by atoms with Gasteiger partial charge in [0, 0.05) is 11.5 Å². The number of halogens is 2. The molecule has 0 saturated heterocycles. The lowest BCUT2D eigenvalue weighted by Gasteiger charge is -2.03. The van der Waals surface area contributed by atoms with Crippen LogP contribution in [0.2, 0.25) is 10.0 Å². The molecule has 0 bridgehead atoms. The normalized spacial score (nSPS) is 20.7. The number of benzene rings is 1. The van der Waals surface area contributed by atoms with Crippen LogP contribution in [0.3, 0.4) is 0 Å². The number of aliphatic carboxylic acids is 1. The monoisotopic (exact) mass is 346 g/mol. The van der Waals surface area contributed by atoms with Gasteiger partial charge in [-0.2, -0.15) is 0 Å². The van der Waals surface area contributed by atoms with Crippen molar-refractivity contribution in [3.8, 4) is 0 Å². The van der Waals surface area contributed by atoms with Gasteiger partial charge in [-0.3, -0.25) is 9.59 Å². The SMILES string of the molecule is CC.CC.CC1(C)C(C(=O)O)C1C(=O)c1ccc(Cl)c(Cl)c1. The van der Waals surface area contributed by atoms with E-state index in [0.29, 0.717) is 15.6 Å². The molecular formula is C17H24Cl2O3. The van der Waals surface area contributed by atoms with Crippen LogP contribution in [0.25, 0.3) is 0 Å². The molecule has 2 atom stereocenters. The summed E-state index contributed by atoms with van der Waals surface area (Å²) in [6.45, 7) is 11.6. The summed E-state index contributed by atoms with van der Waals surface area (Å²) in [5.74, 6) is -2.24. The number of ketones is 1. The maximum Gasteiger partial charge on any atom is 0.307 e. The Labute approximate surface area is 142 Å². The largest absolute Gasteiger partial charge is 0.481 e. The second kappa shape index (κ2) is 8.54. The highest BCUT2D eigenvalue weighted by molar-refractivity contribution is 6.42. The molecule has 0 aromatic heterocycles. The summed E-state index contributed by atoms with van der Waals surface area (Å²) in [6, 6.07) is 4.60. The van der Waals surface area contributed by atoms with Crippen molar-refractivity contribution >= 4 is 35.0 Å². The van der Waals surface area contributed by atoms with E-state index in [-0.39, 0.29) is 5.78 Å². The minimum absolute atomic E-state index is 0.189. The zero-order valence-corrected chi connectivity index (χ0v) is 15.4. The molecule has 1 N–H and O–H groups in total. The van der Waals surface area contributed by atoms with E-state index in [0.717, 1.165) is 0 Å². The van der Waals surface area contributed by atoms with Crippen LogP contribution in [-0.4, -0.2) is 16.9 Å². The maximum absolute atomic E-state index is 12.2. The van der Waals surface area contributed by atoms with Gasteiger partial charge in [-0.25, -0.2) is 0 Å². The molecule has 1 aromatic carbocycles. The molecule has 1 aromatic rings. The molecule has 0 radical (unpaired) electrons. The van der Waals surface area contributed by atoms with E-state index in [2.05, 4.69) is 0 Å². The van der Waals surface area contributed by atoms with Crippen LogP contribution in [0.15, 0.2) is 18.2 Å². The minimum atomic E-state index is -0.932. The molecule has 1 aliphatic carbocycles. The molecule has 3 nitrogen and oxygen atoms in total. The molecule has 0 amide bonds. The smallest absolute Gasteiger partial charge is 0.307 e. The fourth-order valence-corrected chi connectivity index (χ4v) is 2.72. The van der Waals surface area contributed by atoms with Crippen LogP contribution >= 0.6 is 23.2 Å². The first kappa shape index (κ1) is 20.9. The van der Waals surface area contributed by atoms with E-state index in [1.165, 1.54) is 6.07 Å². The predicted octanol–water partition coefficient (Wildman–Crippen LogP) is 5.59. The fraction of sp³-hybridized carbons (Fsp3) is 0.529. The van der Waals surface area contributed by atoms with Crippen LogP contribution in [0, 0.1) is 17.3 Å². The number of hydrogen-bond acceptors (Lipinski definition) is 2. The standard InChI is InChI=1S/C13H12Cl2O3.2C2H6/c1-13(2)9(10(13)12(17)18)11(16)6-3-4-7(14)8(15)5-6;2*1-2/h3-5,9-10H,1-2H3,(H,17,18);2*1-2H3. The summed E-state index contributed by atoms with van der Waals surface area (Å²) in [7, 11) is 0. The topological polar surface area (TPSA) is 54.4 Å². The highest BCUT2D eigenvalue weighted by Crippen LogP contribution is 2.59. The summed E-state index contributed by atoms with van der Waals surface area (Å²) in [6.07, 6.45) is 0. The van der Waals surface area contributed by atoms with Gasteiger partial charge in [-0.05, 0) is 23.6 Å². The van der Waals surface area contributed by atoms with E-state index in [9.17, 15) is 9.59 Å². The first-order valence-electron chi connectivity index (χ1n) is 7.49. The minimum Gasteiger partial charge on any atom is -0.481 e. The summed E-state index contributed by atoms with van der Waals surface area (Å²) in [5.41, 5.74) is -0.0964. The quantitative estimate of drug-likeness (QED) is 0.726. The average Bonchev–Trinajstić information content (AvgIpc) is 3.08. The number of Topliss-reactive ketones (excluding diaryl/α,β-unsaturated/α-hetero) is 1. The van der Waals surface area contributed by atoms with E-state index < -0.39 is 23.2 Å². The van der Waals surface area contributed by atoms with Gasteiger partial charge in [-0.1, -0.05) is 64.7 Å². The molecule has 1 saturated carbocycles. The fourth-order valence-electron chi connectivity index (χ4n) is 2.42. The second-order valence-electron chi connectivity index (χ2n) is 5.11. The number of carboxylic acid groups (broad SMARTS) is 1. The summed E-state index contributed by atoms with van der Waals surface area (Å²) < 4.78 is 0. The van der Waals surface area contributed by atoms with Crippen LogP contribution in [0.1, 0.15) is 51.9 Å². The zero-order valence-electron chi connectivity index (χ0n) is 13.9. The Morgan fingerprint density at radius 1 is 1.00 bits per heavy atom. The van der Waals surface area contributed by atoms with Crippen molar-refractivity contribution in [1.82, 2.24) is 0 Å². The van der Waals surface area contributed by atoms with Gasteiger partial charge >= 0.3 is 5.97 Å². The van der Waals surface area contributed by atoms with Gasteiger partial charge < -0.3 is 5.11 Å². The predicted molar refractivity (Wildman–Crippen MR) is 91.9 cm³/mol. The van der Waals surface area contributed by atoms with E-state index in [1.54, 1.807) is 26.0 Å². The van der Waals surface area contributed by atoms with Gasteiger partial charge in [0.25, 0.3) is 0 Å². The average molecular weight is 347 g/mol. The van der Waals surface area contributed by atoms with Gasteiger partial charge in [-0.15, -0.1) is 0 Å². The molecule has 5 heteroatoms. The van der Waals surface area contributed by atoms with E-state index >= 15 is 0 Å². The van der Waals surface area contributed by atoms with Crippen molar-refractivity contribution < 1.29 is 14.7 Å². The van der Waals surface area contributed by atoms with Crippen LogP contribution in [0.5, 0.6) is 0 Å². The Kier molecular flexibility index (Phi) is 8.13. The van der Waals surface area contributed by atoms with E-state index in [4.69, 9.17) is 28.3 Å². The zero-order chi connectivity index (χ0) is 17.7. The van der Waals surface area contributed by atoms with Crippen LogP contribution < -0.4 is 0 Å². The Balaban J connectivity index is 0.00000102. The first-order chi connectivity index (χ1) is 10.3. The first-order valence-corrected chi connectivity index (χ1v) is 8.24. The molecular weight excluding hydrogens is 323 g/mol. The van der Waals surface area contributed by atoms with Crippen molar-refractivity contribution in [2.45, 2.75) is 41.5 Å².